The molecule has 0 aliphatic heterocycles. The van der Waals surface area contributed by atoms with Gasteiger partial charge in [-0.1, -0.05) is 0 Å². The first-order chi connectivity index (χ1) is 14.4. The smallest absolute Gasteiger partial charge is 0.469 e. The van der Waals surface area contributed by atoms with Crippen molar-refractivity contribution in [3.8, 4) is 0 Å². The van der Waals surface area contributed by atoms with Crippen molar-refractivity contribution in [2.45, 2.75) is 26.1 Å². The van der Waals surface area contributed by atoms with E-state index in [1.165, 1.54) is 4.57 Å². The molecule has 7 N–H and O–H groups in total. The van der Waals surface area contributed by atoms with E-state index in [0.717, 1.165) is 17.3 Å². The number of aromatic amines is 2. The number of hydrogen-bond acceptors (Lipinski definition) is 8. The molecule has 0 bridgehead atoms. The summed E-state index contributed by atoms with van der Waals surface area (Å²) in [7, 11) is -4.91. The van der Waals surface area contributed by atoms with Gasteiger partial charge in [-0.3, -0.25) is 14.3 Å². The van der Waals surface area contributed by atoms with Crippen LogP contribution in [0.5, 0.6) is 0 Å². The molecule has 1 aromatic carbocycles. The first-order valence-corrected chi connectivity index (χ1v) is 10.4. The van der Waals surface area contributed by atoms with Gasteiger partial charge in [0, 0.05) is 0 Å². The second-order valence-electron chi connectivity index (χ2n) is 6.86. The van der Waals surface area contributed by atoms with Crippen molar-refractivity contribution in [3.05, 3.63) is 49.9 Å². The summed E-state index contributed by atoms with van der Waals surface area (Å²) in [6.45, 7) is 2.67. The molecule has 31 heavy (non-hydrogen) atoms. The minimum Gasteiger partial charge on any atom is -0.506 e. The fraction of sp³-hybridized carbons (Fsp3) is 0.294. The fourth-order valence-corrected chi connectivity index (χ4v) is 3.21. The van der Waals surface area contributed by atoms with Gasteiger partial charge in [-0.15, -0.1) is 0 Å². The Kier molecular flexibility index (Phi) is 6.09. The molecule has 3 rings (SSSR count). The summed E-state index contributed by atoms with van der Waals surface area (Å²) in [5.41, 5.74) is 0.538. The Morgan fingerprint density at radius 2 is 1.87 bits per heavy atom. The van der Waals surface area contributed by atoms with Gasteiger partial charge < -0.3 is 25.1 Å². The van der Waals surface area contributed by atoms with E-state index in [1.807, 2.05) is 13.8 Å². The predicted octanol–water partition coefficient (Wildman–Crippen LogP) is -1.14. The SMILES string of the molecule is Cc1cc2nc3c(=O)[nH]c(=O)[nH]c3[n+](/C=C(\O)[C@H](O)[C@H](O)COP(=O)(O)O)c2cc1C. The summed E-state index contributed by atoms with van der Waals surface area (Å²) >= 11 is 0. The number of hydrogen-bond donors (Lipinski definition) is 7. The molecule has 2 atom stereocenters. The number of aliphatic hydroxyl groups excluding tert-OH is 3. The van der Waals surface area contributed by atoms with Crippen LogP contribution < -0.4 is 15.8 Å². The maximum atomic E-state index is 12.2. The van der Waals surface area contributed by atoms with Crippen LogP contribution in [0, 0.1) is 13.8 Å². The molecule has 0 amide bonds. The van der Waals surface area contributed by atoms with E-state index < -0.39 is 43.6 Å². The Bertz CT molecular complexity index is 1360. The number of aromatic nitrogens is 4. The highest BCUT2D eigenvalue weighted by molar-refractivity contribution is 7.46. The van der Waals surface area contributed by atoms with Crippen LogP contribution in [0.1, 0.15) is 11.1 Å². The van der Waals surface area contributed by atoms with Gasteiger partial charge in [-0.2, -0.15) is 9.55 Å². The van der Waals surface area contributed by atoms with Gasteiger partial charge in [0.2, 0.25) is 5.52 Å². The van der Waals surface area contributed by atoms with Gasteiger partial charge >= 0.3 is 19.2 Å². The standard InChI is InChI=1S/C17H19N4O9P/c1-7-3-9-10(4-8(7)2)21(15-13(18-9)16(25)20-17(26)19-15)5-11(22)14(24)12(23)6-30-31(27,28)29/h3-5,12,14,23-24H,6H2,1-2H3,(H4,20,22,25,26,27,28,29)/p+1/b11-5-/t12-,14+/m1/s1. The van der Waals surface area contributed by atoms with Crippen molar-refractivity contribution in [3.63, 3.8) is 0 Å². The maximum Gasteiger partial charge on any atom is 0.469 e. The molecule has 0 spiro atoms. The maximum absolute atomic E-state index is 12.2. The normalized spacial score (nSPS) is 14.8. The molecule has 166 valence electrons. The van der Waals surface area contributed by atoms with Crippen LogP contribution in [0.4, 0.5) is 0 Å². The second kappa shape index (κ2) is 8.30. The van der Waals surface area contributed by atoms with E-state index >= 15 is 0 Å². The lowest BCUT2D eigenvalue weighted by molar-refractivity contribution is -0.513. The zero-order valence-corrected chi connectivity index (χ0v) is 17.2. The van der Waals surface area contributed by atoms with E-state index in [-0.39, 0.29) is 11.2 Å². The monoisotopic (exact) mass is 455 g/mol. The average Bonchev–Trinajstić information content (AvgIpc) is 2.67. The van der Waals surface area contributed by atoms with Crippen molar-refractivity contribution >= 4 is 36.2 Å². The molecule has 0 saturated carbocycles. The number of benzene rings is 1. The van der Waals surface area contributed by atoms with Gasteiger partial charge in [0.15, 0.2) is 11.3 Å². The van der Waals surface area contributed by atoms with Gasteiger partial charge in [0.05, 0.1) is 6.61 Å². The number of H-pyrrole nitrogens is 2. The van der Waals surface area contributed by atoms with Gasteiger partial charge in [-0.25, -0.2) is 14.3 Å². The lowest BCUT2D eigenvalue weighted by Crippen LogP contribution is -2.39. The first-order valence-electron chi connectivity index (χ1n) is 8.83. The summed E-state index contributed by atoms with van der Waals surface area (Å²) < 4.78 is 16.1. The van der Waals surface area contributed by atoms with Crippen LogP contribution in [0.3, 0.4) is 0 Å². The molecule has 3 aromatic rings. The number of phosphoric acid groups is 1. The van der Waals surface area contributed by atoms with Crippen molar-refractivity contribution < 1.29 is 38.8 Å². The van der Waals surface area contributed by atoms with Gasteiger partial charge in [0.1, 0.15) is 23.9 Å². The Morgan fingerprint density at radius 3 is 2.52 bits per heavy atom. The van der Waals surface area contributed by atoms with E-state index in [9.17, 15) is 29.5 Å². The minimum absolute atomic E-state index is 0.0933. The molecule has 0 fully saturated rings. The summed E-state index contributed by atoms with van der Waals surface area (Å²) in [6.07, 6.45) is -2.95. The molecule has 0 aliphatic rings. The zero-order chi connectivity index (χ0) is 23.1. The molecular weight excluding hydrogens is 435 g/mol. The average molecular weight is 455 g/mol. The molecule has 0 saturated heterocycles. The Labute approximate surface area is 173 Å². The van der Waals surface area contributed by atoms with E-state index in [4.69, 9.17) is 9.79 Å². The summed E-state index contributed by atoms with van der Waals surface area (Å²) in [6, 6.07) is 3.37. The van der Waals surface area contributed by atoms with Gasteiger partial charge in [0.25, 0.3) is 5.56 Å². The third kappa shape index (κ3) is 4.88. The van der Waals surface area contributed by atoms with Crippen molar-refractivity contribution in [1.29, 1.82) is 0 Å². The Morgan fingerprint density at radius 1 is 1.23 bits per heavy atom. The quantitative estimate of drug-likeness (QED) is 0.103. The fourth-order valence-electron chi connectivity index (χ4n) is 2.86. The highest BCUT2D eigenvalue weighted by Gasteiger charge is 2.27. The molecule has 0 aliphatic carbocycles. The Balaban J connectivity index is 2.20. The Hall–Kier alpha value is -2.93. The van der Waals surface area contributed by atoms with E-state index in [2.05, 4.69) is 19.5 Å². The molecular formula is C17H20N4O9P+. The third-order valence-electron chi connectivity index (χ3n) is 4.56. The van der Waals surface area contributed by atoms with Crippen molar-refractivity contribution in [2.24, 2.45) is 0 Å². The van der Waals surface area contributed by atoms with Crippen molar-refractivity contribution in [2.75, 3.05) is 6.61 Å². The number of fused-ring (bicyclic) bond motifs is 2. The zero-order valence-electron chi connectivity index (χ0n) is 16.3. The molecule has 2 aromatic heterocycles. The first kappa shape index (κ1) is 22.7. The van der Waals surface area contributed by atoms with Crippen LogP contribution in [0.25, 0.3) is 28.4 Å². The third-order valence-corrected chi connectivity index (χ3v) is 5.05. The number of rotatable bonds is 6. The van der Waals surface area contributed by atoms with Crippen LogP contribution >= 0.6 is 7.82 Å². The van der Waals surface area contributed by atoms with Crippen LogP contribution in [-0.2, 0) is 9.09 Å². The molecule has 14 heteroatoms. The summed E-state index contributed by atoms with van der Waals surface area (Å²) in [5, 5.41) is 30.3. The molecule has 0 radical (unpaired) electrons. The number of nitrogens with one attached hydrogen (secondary N) is 2. The molecule has 2 heterocycles. The summed E-state index contributed by atoms with van der Waals surface area (Å²) in [5.74, 6) is -0.833. The summed E-state index contributed by atoms with van der Waals surface area (Å²) in [4.78, 5) is 50.2. The van der Waals surface area contributed by atoms with Crippen LogP contribution in [-0.4, -0.2) is 58.9 Å². The predicted molar refractivity (Wildman–Crippen MR) is 107 cm³/mol. The lowest BCUT2D eigenvalue weighted by atomic mass is 10.1. The topological polar surface area (TPSA) is 210 Å². The minimum atomic E-state index is -4.91. The van der Waals surface area contributed by atoms with E-state index in [0.29, 0.717) is 11.0 Å². The highest BCUT2D eigenvalue weighted by Crippen LogP contribution is 2.35. The van der Waals surface area contributed by atoms with E-state index in [1.54, 1.807) is 12.1 Å². The number of aryl methyl sites for hydroxylation is 2. The molecule has 0 unspecified atom stereocenters. The largest absolute Gasteiger partial charge is 0.506 e. The number of aliphatic hydroxyl groups is 3. The van der Waals surface area contributed by atoms with Crippen molar-refractivity contribution in [1.82, 2.24) is 15.0 Å². The second-order valence-corrected chi connectivity index (χ2v) is 8.10. The lowest BCUT2D eigenvalue weighted by Gasteiger charge is -2.17. The number of nitrogens with zero attached hydrogens (tertiary/aromatic N) is 2. The van der Waals surface area contributed by atoms with Crippen LogP contribution in [0.2, 0.25) is 0 Å². The van der Waals surface area contributed by atoms with Crippen LogP contribution in [0.15, 0.2) is 27.5 Å². The molecule has 13 nitrogen and oxygen atoms in total. The highest BCUT2D eigenvalue weighted by atomic mass is 31.2. The number of phosphoric ester groups is 1. The van der Waals surface area contributed by atoms with Gasteiger partial charge in [-0.05, 0) is 37.1 Å².